The van der Waals surface area contributed by atoms with E-state index in [1.165, 1.54) is 32.1 Å². The van der Waals surface area contributed by atoms with Crippen molar-refractivity contribution in [1.29, 1.82) is 0 Å². The topological polar surface area (TPSA) is 124 Å². The molecular formula is C12H17N5O4S2. The maximum atomic E-state index is 12.0. The number of amides is 1. The first-order valence-corrected chi connectivity index (χ1v) is 8.46. The van der Waals surface area contributed by atoms with Crippen LogP contribution in [0.4, 0.5) is 5.95 Å². The molecule has 3 N–H and O–H groups in total. The number of hydroxylamine groups is 2. The Morgan fingerprint density at radius 3 is 3.00 bits per heavy atom. The number of aliphatic hydroxyl groups is 1. The minimum atomic E-state index is -1.13. The molecule has 0 radical (unpaired) electrons. The first-order valence-electron chi connectivity index (χ1n) is 6.60. The molecule has 0 saturated carbocycles. The molecule has 2 aromatic rings. The SMILES string of the molecule is CON(C)C(=O)[C@@H](C)SC[C@@H](O)n1c(=O)sc2cnc(N)nc21. The third-order valence-electron chi connectivity index (χ3n) is 3.10. The van der Waals surface area contributed by atoms with Crippen LogP contribution >= 0.6 is 23.1 Å². The molecule has 126 valence electrons. The Morgan fingerprint density at radius 2 is 2.35 bits per heavy atom. The van der Waals surface area contributed by atoms with Gasteiger partial charge in [0.05, 0.1) is 23.3 Å². The maximum Gasteiger partial charge on any atom is 0.311 e. The van der Waals surface area contributed by atoms with Crippen LogP contribution in [0.3, 0.4) is 0 Å². The first-order chi connectivity index (χ1) is 10.8. The summed E-state index contributed by atoms with van der Waals surface area (Å²) in [6, 6.07) is 0. The van der Waals surface area contributed by atoms with Gasteiger partial charge in [-0.1, -0.05) is 11.3 Å². The third-order valence-corrected chi connectivity index (χ3v) is 5.17. The predicted octanol–water partition coefficient (Wildman–Crippen LogP) is 0.0676. The summed E-state index contributed by atoms with van der Waals surface area (Å²) in [5.41, 5.74) is 5.81. The molecule has 1 amide bonds. The molecule has 0 spiro atoms. The van der Waals surface area contributed by atoms with Gasteiger partial charge in [0.15, 0.2) is 5.65 Å². The fraction of sp³-hybridized carbons (Fsp3) is 0.500. The van der Waals surface area contributed by atoms with E-state index in [-0.39, 0.29) is 28.1 Å². The van der Waals surface area contributed by atoms with E-state index in [1.54, 1.807) is 6.92 Å². The lowest BCUT2D eigenvalue weighted by molar-refractivity contribution is -0.167. The van der Waals surface area contributed by atoms with E-state index in [0.29, 0.717) is 4.70 Å². The van der Waals surface area contributed by atoms with Gasteiger partial charge in [0.25, 0.3) is 5.91 Å². The Balaban J connectivity index is 2.14. The Kier molecular flexibility index (Phi) is 5.57. The zero-order chi connectivity index (χ0) is 17.1. The lowest BCUT2D eigenvalue weighted by Crippen LogP contribution is -2.33. The molecule has 11 heteroatoms. The lowest BCUT2D eigenvalue weighted by atomic mass is 10.4. The van der Waals surface area contributed by atoms with E-state index in [9.17, 15) is 14.7 Å². The van der Waals surface area contributed by atoms with Gasteiger partial charge < -0.3 is 10.8 Å². The number of anilines is 1. The quantitative estimate of drug-likeness (QED) is 0.694. The average Bonchev–Trinajstić information content (AvgIpc) is 2.85. The van der Waals surface area contributed by atoms with Gasteiger partial charge in [-0.25, -0.2) is 10.0 Å². The summed E-state index contributed by atoms with van der Waals surface area (Å²) < 4.78 is 1.69. The summed E-state index contributed by atoms with van der Waals surface area (Å²) in [6.45, 7) is 1.70. The predicted molar refractivity (Wildman–Crippen MR) is 89.0 cm³/mol. The smallest absolute Gasteiger partial charge is 0.311 e. The highest BCUT2D eigenvalue weighted by atomic mass is 32.2. The van der Waals surface area contributed by atoms with Crippen LogP contribution < -0.4 is 10.6 Å². The number of rotatable bonds is 6. The zero-order valence-electron chi connectivity index (χ0n) is 12.8. The second-order valence-corrected chi connectivity index (χ2v) is 7.00. The zero-order valence-corrected chi connectivity index (χ0v) is 14.4. The van der Waals surface area contributed by atoms with Gasteiger partial charge in [0.2, 0.25) is 5.95 Å². The number of nitrogens with two attached hydrogens (primary N) is 1. The number of thiazole rings is 1. The Hall–Kier alpha value is -1.69. The van der Waals surface area contributed by atoms with Gasteiger partial charge in [-0.15, -0.1) is 11.8 Å². The van der Waals surface area contributed by atoms with Gasteiger partial charge in [-0.05, 0) is 6.92 Å². The number of aliphatic hydroxyl groups excluding tert-OH is 1. The van der Waals surface area contributed by atoms with Crippen molar-refractivity contribution in [2.45, 2.75) is 18.4 Å². The summed E-state index contributed by atoms with van der Waals surface area (Å²) >= 11 is 2.13. The molecule has 2 aromatic heterocycles. The fourth-order valence-electron chi connectivity index (χ4n) is 1.83. The standard InChI is InChI=1S/C12H17N5O4S2/c1-6(10(19)16(2)21-3)22-5-8(18)17-9-7(23-12(17)20)4-14-11(13)15-9/h4,6,8,18H,5H2,1-3H3,(H2,13,14,15)/t6-,8-/m1/s1. The second kappa shape index (κ2) is 7.25. The number of hydrogen-bond donors (Lipinski definition) is 2. The number of aromatic nitrogens is 3. The monoisotopic (exact) mass is 359 g/mol. The van der Waals surface area contributed by atoms with Gasteiger partial charge in [0.1, 0.15) is 6.23 Å². The van der Waals surface area contributed by atoms with E-state index in [1.807, 2.05) is 0 Å². The van der Waals surface area contributed by atoms with Crippen LogP contribution in [-0.4, -0.2) is 55.8 Å². The lowest BCUT2D eigenvalue weighted by Gasteiger charge is -2.19. The normalized spacial score (nSPS) is 13.9. The third kappa shape index (κ3) is 3.80. The summed E-state index contributed by atoms with van der Waals surface area (Å²) in [5, 5.41) is 11.0. The first kappa shape index (κ1) is 17.7. The van der Waals surface area contributed by atoms with Crippen LogP contribution in [-0.2, 0) is 9.63 Å². The van der Waals surface area contributed by atoms with E-state index in [2.05, 4.69) is 9.97 Å². The van der Waals surface area contributed by atoms with Crippen LogP contribution in [0, 0.1) is 0 Å². The fourth-order valence-corrected chi connectivity index (χ4v) is 3.57. The largest absolute Gasteiger partial charge is 0.372 e. The molecule has 0 aliphatic rings. The Labute approximate surface area is 140 Å². The summed E-state index contributed by atoms with van der Waals surface area (Å²) in [5.74, 6) is -0.0759. The van der Waals surface area contributed by atoms with Crippen LogP contribution in [0.1, 0.15) is 13.2 Å². The van der Waals surface area contributed by atoms with E-state index < -0.39 is 11.5 Å². The van der Waals surface area contributed by atoms with Crippen molar-refractivity contribution in [1.82, 2.24) is 19.6 Å². The molecule has 23 heavy (non-hydrogen) atoms. The molecule has 2 atom stereocenters. The molecular weight excluding hydrogens is 342 g/mol. The molecule has 0 aliphatic carbocycles. The van der Waals surface area contributed by atoms with Crippen molar-refractivity contribution >= 4 is 45.3 Å². The maximum absolute atomic E-state index is 12.0. The van der Waals surface area contributed by atoms with Crippen molar-refractivity contribution in [3.8, 4) is 0 Å². The van der Waals surface area contributed by atoms with Crippen LogP contribution in [0.5, 0.6) is 0 Å². The van der Waals surface area contributed by atoms with E-state index in [4.69, 9.17) is 10.6 Å². The minimum absolute atomic E-state index is 0.0224. The molecule has 0 aliphatic heterocycles. The van der Waals surface area contributed by atoms with Gasteiger partial charge in [0, 0.05) is 12.8 Å². The summed E-state index contributed by atoms with van der Waals surface area (Å²) in [6.07, 6.45) is 0.318. The van der Waals surface area contributed by atoms with Crippen molar-refractivity contribution in [2.24, 2.45) is 0 Å². The highest BCUT2D eigenvalue weighted by Crippen LogP contribution is 2.22. The van der Waals surface area contributed by atoms with Crippen LogP contribution in [0.15, 0.2) is 11.0 Å². The van der Waals surface area contributed by atoms with Crippen LogP contribution in [0.2, 0.25) is 0 Å². The second-order valence-electron chi connectivity index (χ2n) is 4.63. The number of nitrogen functional groups attached to an aromatic ring is 1. The van der Waals surface area contributed by atoms with Crippen molar-refractivity contribution in [3.63, 3.8) is 0 Å². The molecule has 0 fully saturated rings. The Bertz CT molecular complexity index is 761. The number of carbonyl (C=O) groups is 1. The minimum Gasteiger partial charge on any atom is -0.372 e. The van der Waals surface area contributed by atoms with Crippen molar-refractivity contribution in [3.05, 3.63) is 15.9 Å². The number of thioether (sulfide) groups is 1. The number of fused-ring (bicyclic) bond motifs is 1. The molecule has 0 saturated heterocycles. The molecule has 9 nitrogen and oxygen atoms in total. The molecule has 0 bridgehead atoms. The molecule has 2 heterocycles. The number of carbonyl (C=O) groups excluding carboxylic acids is 1. The van der Waals surface area contributed by atoms with Crippen LogP contribution in [0.25, 0.3) is 10.3 Å². The van der Waals surface area contributed by atoms with Gasteiger partial charge in [-0.3, -0.25) is 19.0 Å². The highest BCUT2D eigenvalue weighted by Gasteiger charge is 2.22. The average molecular weight is 359 g/mol. The van der Waals surface area contributed by atoms with Crippen molar-refractivity contribution < 1.29 is 14.7 Å². The van der Waals surface area contributed by atoms with Crippen molar-refractivity contribution in [2.75, 3.05) is 25.6 Å². The van der Waals surface area contributed by atoms with E-state index in [0.717, 1.165) is 21.0 Å². The number of nitrogens with zero attached hydrogens (tertiary/aromatic N) is 4. The number of hydrogen-bond acceptors (Lipinski definition) is 9. The highest BCUT2D eigenvalue weighted by molar-refractivity contribution is 8.00. The summed E-state index contributed by atoms with van der Waals surface area (Å²) in [7, 11) is 2.90. The molecule has 2 rings (SSSR count). The van der Waals surface area contributed by atoms with Gasteiger partial charge >= 0.3 is 4.87 Å². The Morgan fingerprint density at radius 1 is 1.65 bits per heavy atom. The van der Waals surface area contributed by atoms with Gasteiger partial charge in [-0.2, -0.15) is 4.98 Å². The molecule has 0 unspecified atom stereocenters. The molecule has 0 aromatic carbocycles. The summed E-state index contributed by atoms with van der Waals surface area (Å²) in [4.78, 5) is 36.2. The van der Waals surface area contributed by atoms with E-state index >= 15 is 0 Å².